The maximum absolute atomic E-state index is 11.8. The first-order chi connectivity index (χ1) is 8.49. The maximum atomic E-state index is 11.8. The number of H-pyrrole nitrogens is 2. The van der Waals surface area contributed by atoms with E-state index in [9.17, 15) is 9.59 Å². The molecule has 0 fully saturated rings. The minimum absolute atomic E-state index is 0.120. The van der Waals surface area contributed by atoms with Gasteiger partial charge in [-0.1, -0.05) is 0 Å². The first-order valence-corrected chi connectivity index (χ1v) is 6.90. The lowest BCUT2D eigenvalue weighted by Crippen LogP contribution is -2.20. The fourth-order valence-corrected chi connectivity index (χ4v) is 3.47. The van der Waals surface area contributed by atoms with Gasteiger partial charge in [-0.25, -0.2) is 0 Å². The van der Waals surface area contributed by atoms with Crippen LogP contribution in [0, 0.1) is 6.92 Å². The Kier molecular flexibility index (Phi) is 3.72. The molecular formula is C11H12BrN3O2S. The molecule has 0 aliphatic heterocycles. The summed E-state index contributed by atoms with van der Waals surface area (Å²) < 4.78 is 0.955. The number of halogens is 1. The van der Waals surface area contributed by atoms with Crippen molar-refractivity contribution in [3.05, 3.63) is 42.4 Å². The van der Waals surface area contributed by atoms with Gasteiger partial charge in [0.25, 0.3) is 5.56 Å². The van der Waals surface area contributed by atoms with Crippen molar-refractivity contribution < 1.29 is 4.79 Å². The Hall–Kier alpha value is -1.34. The summed E-state index contributed by atoms with van der Waals surface area (Å²) in [5.41, 5.74) is 6.37. The van der Waals surface area contributed by atoms with Gasteiger partial charge in [0.1, 0.15) is 0 Å². The van der Waals surface area contributed by atoms with Gasteiger partial charge in [0, 0.05) is 28.5 Å². The highest BCUT2D eigenvalue weighted by molar-refractivity contribution is 9.11. The zero-order chi connectivity index (χ0) is 13.3. The van der Waals surface area contributed by atoms with E-state index in [4.69, 9.17) is 5.73 Å². The zero-order valence-corrected chi connectivity index (χ0v) is 12.0. The van der Waals surface area contributed by atoms with Crippen molar-refractivity contribution in [2.24, 2.45) is 5.73 Å². The van der Waals surface area contributed by atoms with Crippen molar-refractivity contribution in [2.75, 3.05) is 0 Å². The van der Waals surface area contributed by atoms with Crippen LogP contribution in [0.15, 0.2) is 20.7 Å². The second-order valence-corrected chi connectivity index (χ2v) is 6.48. The van der Waals surface area contributed by atoms with Gasteiger partial charge in [-0.05, 0) is 35.0 Å². The lowest BCUT2D eigenvalue weighted by molar-refractivity contribution is -0.118. The van der Waals surface area contributed by atoms with Gasteiger partial charge in [0.2, 0.25) is 5.91 Å². The summed E-state index contributed by atoms with van der Waals surface area (Å²) in [6.07, 6.45) is 0.120. The van der Waals surface area contributed by atoms with Gasteiger partial charge < -0.3 is 10.8 Å². The highest BCUT2D eigenvalue weighted by Gasteiger charge is 2.24. The third kappa shape index (κ3) is 2.56. The Balaban J connectivity index is 2.49. The van der Waals surface area contributed by atoms with Crippen LogP contribution in [-0.2, 0) is 4.79 Å². The lowest BCUT2D eigenvalue weighted by Gasteiger charge is -2.11. The molecule has 1 amide bonds. The number of nitrogens with one attached hydrogen (secondary N) is 2. The van der Waals surface area contributed by atoms with Gasteiger partial charge in [-0.15, -0.1) is 11.3 Å². The van der Waals surface area contributed by atoms with Gasteiger partial charge in [0.05, 0.1) is 3.79 Å². The molecule has 4 N–H and O–H groups in total. The summed E-state index contributed by atoms with van der Waals surface area (Å²) in [5.74, 6) is -0.724. The van der Waals surface area contributed by atoms with Crippen LogP contribution in [0.5, 0.6) is 0 Å². The van der Waals surface area contributed by atoms with Crippen molar-refractivity contribution >= 4 is 33.2 Å². The average molecular weight is 330 g/mol. The summed E-state index contributed by atoms with van der Waals surface area (Å²) in [6.45, 7) is 1.80. The largest absolute Gasteiger partial charge is 0.370 e. The second kappa shape index (κ2) is 5.11. The van der Waals surface area contributed by atoms with Crippen LogP contribution in [0.1, 0.15) is 28.5 Å². The lowest BCUT2D eigenvalue weighted by atomic mass is 9.94. The van der Waals surface area contributed by atoms with E-state index in [2.05, 4.69) is 26.1 Å². The molecule has 0 spiro atoms. The number of hydrogen-bond donors (Lipinski definition) is 3. The molecule has 1 atom stereocenters. The van der Waals surface area contributed by atoms with E-state index in [1.165, 1.54) is 11.3 Å². The van der Waals surface area contributed by atoms with Crippen LogP contribution >= 0.6 is 27.3 Å². The number of nitrogens with two attached hydrogens (primary N) is 1. The van der Waals surface area contributed by atoms with E-state index in [0.717, 1.165) is 14.4 Å². The van der Waals surface area contributed by atoms with Gasteiger partial charge >= 0.3 is 0 Å². The molecule has 0 aliphatic carbocycles. The third-order valence-electron chi connectivity index (χ3n) is 2.70. The smallest absolute Gasteiger partial charge is 0.268 e. The molecule has 2 heterocycles. The number of hydrogen-bond acceptors (Lipinski definition) is 3. The number of primary amides is 1. The van der Waals surface area contributed by atoms with E-state index >= 15 is 0 Å². The first kappa shape index (κ1) is 13.1. The number of carbonyl (C=O) groups is 1. The van der Waals surface area contributed by atoms with Gasteiger partial charge in [-0.3, -0.25) is 14.7 Å². The molecule has 2 rings (SSSR count). The molecule has 0 aromatic carbocycles. The van der Waals surface area contributed by atoms with E-state index in [-0.39, 0.29) is 17.9 Å². The SMILES string of the molecule is Cc1[nH][nH]c(=O)c1C(CC(N)=O)c1ccc(Br)s1. The van der Waals surface area contributed by atoms with Crippen molar-refractivity contribution in [3.8, 4) is 0 Å². The maximum Gasteiger partial charge on any atom is 0.268 e. The molecule has 0 aliphatic rings. The minimum atomic E-state index is -0.426. The number of aryl methyl sites for hydroxylation is 1. The summed E-state index contributed by atoms with van der Waals surface area (Å²) >= 11 is 4.87. The molecule has 2 aromatic heterocycles. The summed E-state index contributed by atoms with van der Waals surface area (Å²) in [4.78, 5) is 23.9. The Bertz CT molecular complexity index is 628. The molecule has 0 saturated heterocycles. The third-order valence-corrected chi connectivity index (χ3v) is 4.44. The number of thiophene rings is 1. The van der Waals surface area contributed by atoms with Gasteiger partial charge in [0.15, 0.2) is 0 Å². The van der Waals surface area contributed by atoms with Gasteiger partial charge in [-0.2, -0.15) is 0 Å². The fraction of sp³-hybridized carbons (Fsp3) is 0.273. The van der Waals surface area contributed by atoms with Crippen molar-refractivity contribution in [3.63, 3.8) is 0 Å². The van der Waals surface area contributed by atoms with Crippen LogP contribution in [0.3, 0.4) is 0 Å². The molecule has 5 nitrogen and oxygen atoms in total. The predicted octanol–water partition coefficient (Wildman–Crippen LogP) is 1.84. The Morgan fingerprint density at radius 2 is 2.22 bits per heavy atom. The van der Waals surface area contributed by atoms with Crippen molar-refractivity contribution in [2.45, 2.75) is 19.3 Å². The number of aromatic amines is 2. The highest BCUT2D eigenvalue weighted by Crippen LogP contribution is 2.34. The Morgan fingerprint density at radius 3 is 2.67 bits per heavy atom. The van der Waals surface area contributed by atoms with E-state index in [0.29, 0.717) is 5.56 Å². The molecule has 0 saturated carbocycles. The average Bonchev–Trinajstić information content (AvgIpc) is 2.83. The number of carbonyl (C=O) groups excluding carboxylic acids is 1. The Labute approximate surface area is 116 Å². The standard InChI is InChI=1S/C11H12BrN3O2S/c1-5-10(11(17)15-14-5)6(4-9(13)16)7-2-3-8(12)18-7/h2-3,6H,4H2,1H3,(H2,13,16)(H2,14,15,17). The van der Waals surface area contributed by atoms with Crippen LogP contribution < -0.4 is 11.3 Å². The quantitative estimate of drug-likeness (QED) is 0.798. The topological polar surface area (TPSA) is 91.7 Å². The monoisotopic (exact) mass is 329 g/mol. The van der Waals surface area contributed by atoms with Crippen molar-refractivity contribution in [1.29, 1.82) is 0 Å². The Morgan fingerprint density at radius 1 is 1.50 bits per heavy atom. The van der Waals surface area contributed by atoms with E-state index in [1.54, 1.807) is 6.92 Å². The second-order valence-electron chi connectivity index (χ2n) is 3.98. The normalized spacial score (nSPS) is 12.6. The van der Waals surface area contributed by atoms with Crippen LogP contribution in [0.4, 0.5) is 0 Å². The fourth-order valence-electron chi connectivity index (χ4n) is 1.94. The highest BCUT2D eigenvalue weighted by atomic mass is 79.9. The summed E-state index contributed by atoms with van der Waals surface area (Å²) in [5, 5.41) is 5.30. The van der Waals surface area contributed by atoms with E-state index < -0.39 is 5.91 Å². The molecule has 2 aromatic rings. The van der Waals surface area contributed by atoms with E-state index in [1.807, 2.05) is 12.1 Å². The minimum Gasteiger partial charge on any atom is -0.370 e. The zero-order valence-electron chi connectivity index (χ0n) is 9.62. The molecule has 7 heteroatoms. The molecule has 1 unspecified atom stereocenters. The molecule has 0 bridgehead atoms. The van der Waals surface area contributed by atoms with Crippen molar-refractivity contribution in [1.82, 2.24) is 10.2 Å². The van der Waals surface area contributed by atoms with Crippen LogP contribution in [-0.4, -0.2) is 16.1 Å². The summed E-state index contributed by atoms with van der Waals surface area (Å²) in [7, 11) is 0. The number of aromatic nitrogens is 2. The molecule has 0 radical (unpaired) electrons. The van der Waals surface area contributed by atoms with Crippen LogP contribution in [0.25, 0.3) is 0 Å². The number of rotatable bonds is 4. The first-order valence-electron chi connectivity index (χ1n) is 5.29. The summed E-state index contributed by atoms with van der Waals surface area (Å²) in [6, 6.07) is 3.79. The molecular weight excluding hydrogens is 318 g/mol. The molecule has 18 heavy (non-hydrogen) atoms. The van der Waals surface area contributed by atoms with Crippen LogP contribution in [0.2, 0.25) is 0 Å². The molecule has 96 valence electrons. The predicted molar refractivity (Wildman–Crippen MR) is 73.8 cm³/mol. The number of amides is 1.